The fourth-order valence-electron chi connectivity index (χ4n) is 1.37. The number of halogens is 1. The van der Waals surface area contributed by atoms with E-state index in [4.69, 9.17) is 5.73 Å². The molecule has 4 nitrogen and oxygen atoms in total. The van der Waals surface area contributed by atoms with Crippen LogP contribution in [-0.4, -0.2) is 17.4 Å². The minimum absolute atomic E-state index is 0.150. The van der Waals surface area contributed by atoms with E-state index < -0.39 is 5.82 Å². The number of amides is 1. The molecular weight excluding hydrogens is 265 g/mol. The molecule has 1 aromatic heterocycles. The molecule has 1 heterocycles. The summed E-state index contributed by atoms with van der Waals surface area (Å²) in [4.78, 5) is 16.1. The van der Waals surface area contributed by atoms with Gasteiger partial charge in [-0.3, -0.25) is 9.78 Å². The number of nitrogens with zero attached hydrogens (tertiary/aromatic N) is 1. The van der Waals surface area contributed by atoms with E-state index in [2.05, 4.69) is 22.1 Å². The Morgan fingerprint density at radius 1 is 1.53 bits per heavy atom. The normalized spacial score (nSPS) is 9.58. The van der Waals surface area contributed by atoms with Gasteiger partial charge in [0.25, 0.3) is 5.91 Å². The number of hydrogen-bond acceptors (Lipinski definition) is 4. The molecule has 0 aliphatic rings. The van der Waals surface area contributed by atoms with Gasteiger partial charge >= 0.3 is 0 Å². The topological polar surface area (TPSA) is 68.0 Å². The Kier molecular flexibility index (Phi) is 4.23. The predicted octanol–water partition coefficient (Wildman–Crippen LogP) is 1.84. The highest BCUT2D eigenvalue weighted by atomic mass is 32.1. The first-order valence-corrected chi connectivity index (χ1v) is 6.27. The molecule has 0 radical (unpaired) electrons. The first kappa shape index (κ1) is 13.2. The van der Waals surface area contributed by atoms with E-state index in [-0.39, 0.29) is 18.0 Å². The van der Waals surface area contributed by atoms with Gasteiger partial charge in [-0.2, -0.15) is 0 Å². The molecule has 96 valence electrons. The van der Waals surface area contributed by atoms with Crippen LogP contribution in [0.25, 0.3) is 0 Å². The van der Waals surface area contributed by atoms with E-state index >= 15 is 0 Å². The highest BCUT2D eigenvalue weighted by molar-refractivity contribution is 7.11. The first-order valence-electron chi connectivity index (χ1n) is 5.39. The fraction of sp³-hybridized carbons (Fsp3) is 0.0769. The number of anilines is 1. The third-order valence-corrected chi connectivity index (χ3v) is 2.98. The SMILES string of the molecule is NCC#Cc1cc(NC(=O)c2cncs2)ccc1F. The van der Waals surface area contributed by atoms with Crippen molar-refractivity contribution in [3.8, 4) is 11.8 Å². The number of rotatable bonds is 2. The van der Waals surface area contributed by atoms with Crippen LogP contribution in [0.4, 0.5) is 10.1 Å². The van der Waals surface area contributed by atoms with Crippen LogP contribution in [-0.2, 0) is 0 Å². The van der Waals surface area contributed by atoms with Gasteiger partial charge < -0.3 is 11.1 Å². The zero-order chi connectivity index (χ0) is 13.7. The second kappa shape index (κ2) is 6.09. The maximum Gasteiger partial charge on any atom is 0.267 e. The molecule has 0 unspecified atom stereocenters. The lowest BCUT2D eigenvalue weighted by Crippen LogP contribution is -2.10. The van der Waals surface area contributed by atoms with Gasteiger partial charge in [-0.15, -0.1) is 11.3 Å². The average molecular weight is 275 g/mol. The van der Waals surface area contributed by atoms with E-state index in [1.807, 2.05) is 0 Å². The number of carbonyl (C=O) groups is 1. The number of aromatic nitrogens is 1. The van der Waals surface area contributed by atoms with Gasteiger partial charge in [0.1, 0.15) is 10.7 Å². The molecule has 0 saturated heterocycles. The quantitative estimate of drug-likeness (QED) is 0.822. The van der Waals surface area contributed by atoms with Gasteiger partial charge in [0.15, 0.2) is 0 Å². The Morgan fingerprint density at radius 2 is 2.37 bits per heavy atom. The van der Waals surface area contributed by atoms with Gasteiger partial charge in [0.2, 0.25) is 0 Å². The van der Waals surface area contributed by atoms with Crippen molar-refractivity contribution in [1.29, 1.82) is 0 Å². The van der Waals surface area contributed by atoms with Crippen LogP contribution in [0, 0.1) is 17.7 Å². The summed E-state index contributed by atoms with van der Waals surface area (Å²) in [5, 5.41) is 2.65. The van der Waals surface area contributed by atoms with Gasteiger partial charge in [0.05, 0.1) is 23.8 Å². The third kappa shape index (κ3) is 3.37. The van der Waals surface area contributed by atoms with Crippen molar-refractivity contribution < 1.29 is 9.18 Å². The lowest BCUT2D eigenvalue weighted by molar-refractivity contribution is 0.103. The van der Waals surface area contributed by atoms with E-state index in [0.717, 1.165) is 0 Å². The monoisotopic (exact) mass is 275 g/mol. The predicted molar refractivity (Wildman–Crippen MR) is 72.4 cm³/mol. The lowest BCUT2D eigenvalue weighted by Gasteiger charge is -2.04. The van der Waals surface area contributed by atoms with Gasteiger partial charge in [-0.05, 0) is 18.2 Å². The average Bonchev–Trinajstić information content (AvgIpc) is 2.93. The van der Waals surface area contributed by atoms with Crippen molar-refractivity contribution in [2.24, 2.45) is 5.73 Å². The zero-order valence-corrected chi connectivity index (χ0v) is 10.6. The molecule has 19 heavy (non-hydrogen) atoms. The molecule has 0 bridgehead atoms. The molecule has 2 aromatic rings. The Morgan fingerprint density at radius 3 is 3.05 bits per heavy atom. The largest absolute Gasteiger partial charge is 0.321 e. The summed E-state index contributed by atoms with van der Waals surface area (Å²) in [6, 6.07) is 4.20. The molecule has 6 heteroatoms. The zero-order valence-electron chi connectivity index (χ0n) is 9.81. The number of carbonyl (C=O) groups excluding carboxylic acids is 1. The summed E-state index contributed by atoms with van der Waals surface area (Å²) >= 11 is 1.23. The number of nitrogens with one attached hydrogen (secondary N) is 1. The van der Waals surface area contributed by atoms with Gasteiger partial charge in [-0.25, -0.2) is 4.39 Å². The molecule has 0 fully saturated rings. The molecule has 0 saturated carbocycles. The maximum absolute atomic E-state index is 13.4. The Balaban J connectivity index is 2.19. The number of thiazole rings is 1. The second-order valence-corrected chi connectivity index (χ2v) is 4.41. The summed E-state index contributed by atoms with van der Waals surface area (Å²) in [5.41, 5.74) is 7.48. The Hall–Kier alpha value is -2.23. The number of hydrogen-bond donors (Lipinski definition) is 2. The van der Waals surface area contributed by atoms with Crippen LogP contribution in [0.3, 0.4) is 0 Å². The molecule has 0 spiro atoms. The van der Waals surface area contributed by atoms with Crippen molar-refractivity contribution in [2.75, 3.05) is 11.9 Å². The number of benzene rings is 1. The summed E-state index contributed by atoms with van der Waals surface area (Å²) < 4.78 is 13.4. The Labute approximate surface area is 113 Å². The van der Waals surface area contributed by atoms with Crippen LogP contribution in [0.15, 0.2) is 29.9 Å². The van der Waals surface area contributed by atoms with Crippen LogP contribution in [0.2, 0.25) is 0 Å². The first-order chi connectivity index (χ1) is 9.20. The summed E-state index contributed by atoms with van der Waals surface area (Å²) in [6.45, 7) is 0.150. The molecule has 3 N–H and O–H groups in total. The van der Waals surface area contributed by atoms with E-state index in [1.165, 1.54) is 35.7 Å². The van der Waals surface area contributed by atoms with E-state index in [0.29, 0.717) is 10.6 Å². The molecule has 1 aromatic carbocycles. The van der Waals surface area contributed by atoms with E-state index in [1.54, 1.807) is 5.51 Å². The van der Waals surface area contributed by atoms with Gasteiger partial charge in [0, 0.05) is 5.69 Å². The highest BCUT2D eigenvalue weighted by Crippen LogP contribution is 2.16. The summed E-state index contributed by atoms with van der Waals surface area (Å²) in [6.07, 6.45) is 1.47. The van der Waals surface area contributed by atoms with Crippen LogP contribution in [0.5, 0.6) is 0 Å². The smallest absolute Gasteiger partial charge is 0.267 e. The molecular formula is C13H10FN3OS. The van der Waals surface area contributed by atoms with Crippen LogP contribution < -0.4 is 11.1 Å². The van der Waals surface area contributed by atoms with Gasteiger partial charge in [-0.1, -0.05) is 11.8 Å². The molecule has 0 aliphatic carbocycles. The van der Waals surface area contributed by atoms with Crippen molar-refractivity contribution in [3.05, 3.63) is 46.2 Å². The third-order valence-electron chi connectivity index (χ3n) is 2.21. The van der Waals surface area contributed by atoms with Crippen LogP contribution in [0.1, 0.15) is 15.2 Å². The highest BCUT2D eigenvalue weighted by Gasteiger charge is 2.08. The van der Waals surface area contributed by atoms with Crippen molar-refractivity contribution >= 4 is 22.9 Å². The minimum Gasteiger partial charge on any atom is -0.321 e. The van der Waals surface area contributed by atoms with Crippen LogP contribution >= 0.6 is 11.3 Å². The lowest BCUT2D eigenvalue weighted by atomic mass is 10.2. The second-order valence-electron chi connectivity index (χ2n) is 3.52. The molecule has 2 rings (SSSR count). The fourth-order valence-corrected chi connectivity index (χ4v) is 1.88. The van der Waals surface area contributed by atoms with Crippen molar-refractivity contribution in [3.63, 3.8) is 0 Å². The summed E-state index contributed by atoms with van der Waals surface area (Å²) in [5.74, 6) is 4.45. The summed E-state index contributed by atoms with van der Waals surface area (Å²) in [7, 11) is 0. The minimum atomic E-state index is -0.447. The standard InChI is InChI=1S/C13H10FN3OS/c14-11-4-3-10(6-9(11)2-1-5-15)17-13(18)12-7-16-8-19-12/h3-4,6-8H,5,15H2,(H,17,18). The molecule has 0 atom stereocenters. The Bertz CT molecular complexity index is 644. The van der Waals surface area contributed by atoms with E-state index in [9.17, 15) is 9.18 Å². The molecule has 0 aliphatic heterocycles. The molecule has 1 amide bonds. The maximum atomic E-state index is 13.4. The number of nitrogens with two attached hydrogens (primary N) is 1. The van der Waals surface area contributed by atoms with Crippen molar-refractivity contribution in [1.82, 2.24) is 4.98 Å². The van der Waals surface area contributed by atoms with Crippen molar-refractivity contribution in [2.45, 2.75) is 0 Å².